The second kappa shape index (κ2) is 5.55. The highest BCUT2D eigenvalue weighted by atomic mass is 28.3. The summed E-state index contributed by atoms with van der Waals surface area (Å²) in [6, 6.07) is 0.272. The first-order chi connectivity index (χ1) is 7.41. The average Bonchev–Trinajstić information content (AvgIpc) is 1.97. The fourth-order valence-electron chi connectivity index (χ4n) is 2.95. The van der Waals surface area contributed by atoms with Crippen molar-refractivity contribution in [2.45, 2.75) is 78.2 Å². The maximum absolute atomic E-state index is 11.3. The number of rotatable bonds is 4. The maximum atomic E-state index is 11.3. The molecular formula is C14H31NOSi. The Bertz CT molecular complexity index is 266. The van der Waals surface area contributed by atoms with E-state index in [4.69, 9.17) is 0 Å². The third-order valence-corrected chi connectivity index (χ3v) is 11.2. The lowest BCUT2D eigenvalue weighted by molar-refractivity contribution is -0.119. The van der Waals surface area contributed by atoms with Crippen LogP contribution in [0.15, 0.2) is 0 Å². The number of hydrogen-bond donors (Lipinski definition) is 1. The van der Waals surface area contributed by atoms with Crippen molar-refractivity contribution in [2.75, 3.05) is 0 Å². The van der Waals surface area contributed by atoms with Gasteiger partial charge in [-0.3, -0.25) is 4.79 Å². The molecule has 1 amide bonds. The van der Waals surface area contributed by atoms with E-state index in [1.54, 1.807) is 6.92 Å². The molecule has 0 saturated carbocycles. The molecule has 0 aliphatic carbocycles. The summed E-state index contributed by atoms with van der Waals surface area (Å²) in [5.41, 5.74) is 0.603. The summed E-state index contributed by atoms with van der Waals surface area (Å²) >= 11 is 0. The monoisotopic (exact) mass is 257 g/mol. The van der Waals surface area contributed by atoms with E-state index in [1.165, 1.54) is 0 Å². The molecule has 0 aromatic rings. The van der Waals surface area contributed by atoms with E-state index < -0.39 is 8.07 Å². The minimum Gasteiger partial charge on any atom is -0.354 e. The number of carbonyl (C=O) groups is 1. The molecule has 17 heavy (non-hydrogen) atoms. The van der Waals surface area contributed by atoms with E-state index in [-0.39, 0.29) is 11.9 Å². The van der Waals surface area contributed by atoms with Crippen molar-refractivity contribution in [3.05, 3.63) is 0 Å². The minimum atomic E-state index is -1.44. The molecule has 0 aromatic heterocycles. The van der Waals surface area contributed by atoms with Crippen molar-refractivity contribution in [1.29, 1.82) is 0 Å². The standard InChI is InChI=1S/C14H31NOSi/c1-10(2)13(11(3)15-12(4)16)17(8,9)14(5,6)7/h10-11,13H,1-9H3,(H,15,16)/t11-,13+/m1/s1. The maximum Gasteiger partial charge on any atom is 0.217 e. The molecular weight excluding hydrogens is 226 g/mol. The average molecular weight is 257 g/mol. The Balaban J connectivity index is 5.17. The van der Waals surface area contributed by atoms with Gasteiger partial charge in [-0.1, -0.05) is 47.7 Å². The van der Waals surface area contributed by atoms with Gasteiger partial charge in [0.25, 0.3) is 0 Å². The van der Waals surface area contributed by atoms with Gasteiger partial charge in [-0.25, -0.2) is 0 Å². The first-order valence-corrected chi connectivity index (χ1v) is 9.76. The molecule has 0 bridgehead atoms. The quantitative estimate of drug-likeness (QED) is 0.757. The van der Waals surface area contributed by atoms with E-state index in [0.717, 1.165) is 0 Å². The molecule has 102 valence electrons. The number of hydrogen-bond acceptors (Lipinski definition) is 1. The van der Waals surface area contributed by atoms with Crippen molar-refractivity contribution < 1.29 is 4.79 Å². The molecule has 0 aliphatic rings. The van der Waals surface area contributed by atoms with E-state index in [0.29, 0.717) is 16.5 Å². The van der Waals surface area contributed by atoms with Gasteiger partial charge >= 0.3 is 0 Å². The Labute approximate surface area is 109 Å². The summed E-state index contributed by atoms with van der Waals surface area (Å²) < 4.78 is 0. The summed E-state index contributed by atoms with van der Waals surface area (Å²) in [7, 11) is -1.44. The van der Waals surface area contributed by atoms with Crippen LogP contribution in [0.5, 0.6) is 0 Å². The van der Waals surface area contributed by atoms with Crippen molar-refractivity contribution in [3.8, 4) is 0 Å². The Morgan fingerprint density at radius 1 is 1.12 bits per heavy atom. The zero-order chi connectivity index (χ0) is 14.0. The topological polar surface area (TPSA) is 29.1 Å². The molecule has 0 fully saturated rings. The van der Waals surface area contributed by atoms with Gasteiger partial charge in [0.1, 0.15) is 0 Å². The summed E-state index contributed by atoms with van der Waals surface area (Å²) in [5, 5.41) is 3.45. The van der Waals surface area contributed by atoms with Gasteiger partial charge in [0.2, 0.25) is 5.91 Å². The van der Waals surface area contributed by atoms with Crippen molar-refractivity contribution in [3.63, 3.8) is 0 Å². The molecule has 0 heterocycles. The van der Waals surface area contributed by atoms with Crippen LogP contribution in [0, 0.1) is 5.92 Å². The van der Waals surface area contributed by atoms with E-state index >= 15 is 0 Å². The lowest BCUT2D eigenvalue weighted by atomic mass is 10.0. The highest BCUT2D eigenvalue weighted by Gasteiger charge is 2.45. The van der Waals surface area contributed by atoms with Gasteiger partial charge in [0.15, 0.2) is 0 Å². The first kappa shape index (κ1) is 16.7. The molecule has 2 nitrogen and oxygen atoms in total. The molecule has 3 heteroatoms. The zero-order valence-electron chi connectivity index (χ0n) is 13.1. The SMILES string of the molecule is CC(=O)N[C@H](C)[C@H](C(C)C)[Si](C)(C)C(C)(C)C. The van der Waals surface area contributed by atoms with E-state index in [9.17, 15) is 4.79 Å². The molecule has 0 spiro atoms. The van der Waals surface area contributed by atoms with Crippen LogP contribution in [0.3, 0.4) is 0 Å². The molecule has 1 N–H and O–H groups in total. The van der Waals surface area contributed by atoms with Gasteiger partial charge in [-0.15, -0.1) is 0 Å². The fourth-order valence-corrected chi connectivity index (χ4v) is 6.95. The Hall–Kier alpha value is -0.313. The third kappa shape index (κ3) is 4.13. The van der Waals surface area contributed by atoms with Crippen molar-refractivity contribution >= 4 is 14.0 Å². The second-order valence-corrected chi connectivity index (χ2v) is 12.8. The van der Waals surface area contributed by atoms with Gasteiger partial charge < -0.3 is 5.32 Å². The fraction of sp³-hybridized carbons (Fsp3) is 0.929. The predicted octanol–water partition coefficient (Wildman–Crippen LogP) is 4.05. The summed E-state index contributed by atoms with van der Waals surface area (Å²) in [6.07, 6.45) is 0. The van der Waals surface area contributed by atoms with Crippen molar-refractivity contribution in [2.24, 2.45) is 5.92 Å². The van der Waals surface area contributed by atoms with Crippen LogP contribution in [-0.2, 0) is 4.79 Å². The molecule has 2 atom stereocenters. The molecule has 0 aliphatic heterocycles. The van der Waals surface area contributed by atoms with E-state index in [1.807, 2.05) is 0 Å². The number of amides is 1. The Morgan fingerprint density at radius 2 is 1.53 bits per heavy atom. The van der Waals surface area contributed by atoms with Crippen molar-refractivity contribution in [1.82, 2.24) is 5.32 Å². The van der Waals surface area contributed by atoms with Crippen LogP contribution in [0.2, 0.25) is 23.7 Å². The normalized spacial score (nSPS) is 16.8. The lowest BCUT2D eigenvalue weighted by Gasteiger charge is -2.48. The second-order valence-electron chi connectivity index (χ2n) is 7.23. The third-order valence-electron chi connectivity index (χ3n) is 4.45. The summed E-state index contributed by atoms with van der Waals surface area (Å²) in [5.74, 6) is 0.694. The Morgan fingerprint density at radius 3 is 1.76 bits per heavy atom. The van der Waals surface area contributed by atoms with Gasteiger partial charge in [-0.05, 0) is 23.4 Å². The zero-order valence-corrected chi connectivity index (χ0v) is 14.1. The van der Waals surface area contributed by atoms with Crippen LogP contribution in [0.25, 0.3) is 0 Å². The van der Waals surface area contributed by atoms with Crippen LogP contribution in [-0.4, -0.2) is 20.0 Å². The van der Waals surface area contributed by atoms with Gasteiger partial charge in [0, 0.05) is 13.0 Å². The number of carbonyl (C=O) groups excluding carboxylic acids is 1. The minimum absolute atomic E-state index is 0.0851. The van der Waals surface area contributed by atoms with Gasteiger partial charge in [0.05, 0.1) is 8.07 Å². The lowest BCUT2D eigenvalue weighted by Crippen LogP contribution is -2.52. The van der Waals surface area contributed by atoms with Crippen LogP contribution < -0.4 is 5.32 Å². The van der Waals surface area contributed by atoms with Gasteiger partial charge in [-0.2, -0.15) is 0 Å². The van der Waals surface area contributed by atoms with Crippen LogP contribution in [0.1, 0.15) is 48.5 Å². The molecule has 0 unspecified atom stereocenters. The van der Waals surface area contributed by atoms with Crippen LogP contribution >= 0.6 is 0 Å². The summed E-state index contributed by atoms with van der Waals surface area (Å²) in [6.45, 7) is 20.3. The predicted molar refractivity (Wildman–Crippen MR) is 79.1 cm³/mol. The van der Waals surface area contributed by atoms with E-state index in [2.05, 4.69) is 60.0 Å². The largest absolute Gasteiger partial charge is 0.354 e. The molecule has 0 radical (unpaired) electrons. The first-order valence-electron chi connectivity index (χ1n) is 6.68. The number of nitrogens with one attached hydrogen (secondary N) is 1. The molecule has 0 rings (SSSR count). The smallest absolute Gasteiger partial charge is 0.217 e. The van der Waals surface area contributed by atoms with Crippen LogP contribution in [0.4, 0.5) is 0 Å². The molecule has 0 saturated heterocycles. The molecule has 0 aromatic carbocycles. The Kier molecular flexibility index (Phi) is 5.45. The highest BCUT2D eigenvalue weighted by Crippen LogP contribution is 2.47. The highest BCUT2D eigenvalue weighted by molar-refractivity contribution is 6.81. The summed E-state index contributed by atoms with van der Waals surface area (Å²) in [4.78, 5) is 11.3.